The number of fused-ring (bicyclic) bond motifs is 8. The molecule has 0 bridgehead atoms. The highest BCUT2D eigenvalue weighted by molar-refractivity contribution is 6.18. The van der Waals surface area contributed by atoms with Crippen LogP contribution >= 0.6 is 0 Å². The van der Waals surface area contributed by atoms with E-state index in [1.165, 1.54) is 16.3 Å². The highest BCUT2D eigenvalue weighted by Gasteiger charge is 2.23. The normalized spacial score (nSPS) is 11.7. The van der Waals surface area contributed by atoms with Crippen molar-refractivity contribution < 1.29 is 8.83 Å². The van der Waals surface area contributed by atoms with Crippen molar-refractivity contribution in [3.63, 3.8) is 0 Å². The summed E-state index contributed by atoms with van der Waals surface area (Å²) in [6.07, 6.45) is 0. The Hall–Kier alpha value is -8.15. The zero-order valence-corrected chi connectivity index (χ0v) is 32.4. The van der Waals surface area contributed by atoms with Crippen molar-refractivity contribution in [3.8, 4) is 39.4 Å². The lowest BCUT2D eigenvalue weighted by Gasteiger charge is -2.29. The minimum Gasteiger partial charge on any atom is -0.456 e. The SMILES string of the molecule is c1ccc(-c2nc3c(ccc4oc5cc(-c6ccc(N(c7ccccc7-c7ccccc7)c7cccc8c7c7ccccc7n8-c7ccccc7)cc6)ccc5c43)o2)cc1. The van der Waals surface area contributed by atoms with Crippen LogP contribution in [0.3, 0.4) is 0 Å². The van der Waals surface area contributed by atoms with Gasteiger partial charge in [-0.1, -0.05) is 127 Å². The fraction of sp³-hybridized carbons (Fsp3) is 0. The number of anilines is 3. The van der Waals surface area contributed by atoms with E-state index in [1.54, 1.807) is 0 Å². The molecule has 0 saturated carbocycles. The van der Waals surface area contributed by atoms with Crippen LogP contribution in [-0.4, -0.2) is 9.55 Å². The van der Waals surface area contributed by atoms with Crippen molar-refractivity contribution in [3.05, 3.63) is 212 Å². The molecular formula is C55H35N3O2. The van der Waals surface area contributed by atoms with Gasteiger partial charge < -0.3 is 18.3 Å². The average Bonchev–Trinajstić information content (AvgIpc) is 4.02. The van der Waals surface area contributed by atoms with Crippen molar-refractivity contribution in [2.75, 3.05) is 4.90 Å². The minimum atomic E-state index is 0.600. The van der Waals surface area contributed by atoms with Gasteiger partial charge in [-0.05, 0) is 102 Å². The summed E-state index contributed by atoms with van der Waals surface area (Å²) in [6.45, 7) is 0. The fourth-order valence-corrected chi connectivity index (χ4v) is 8.92. The molecule has 12 aromatic rings. The minimum absolute atomic E-state index is 0.600. The summed E-state index contributed by atoms with van der Waals surface area (Å²) < 4.78 is 15.1. The quantitative estimate of drug-likeness (QED) is 0.162. The maximum absolute atomic E-state index is 6.49. The van der Waals surface area contributed by atoms with E-state index < -0.39 is 0 Å². The molecule has 0 N–H and O–H groups in total. The standard InChI is InChI=1S/C55H35N3O2/c1-4-15-37(16-5-1)42-21-10-12-23-45(42)58(48-26-14-25-47-52(48)43-22-11-13-24-46(43)57(47)40-19-8-3-9-20-40)41-30-27-36(28-31-41)39-29-32-44-51(35-39)59-49-33-34-50-54(53(44)49)56-55(60-50)38-17-6-2-7-18-38/h1-35H. The Bertz CT molecular complexity index is 3530. The molecule has 5 heteroatoms. The summed E-state index contributed by atoms with van der Waals surface area (Å²) in [4.78, 5) is 7.36. The number of benzene rings is 9. The predicted molar refractivity (Wildman–Crippen MR) is 247 cm³/mol. The number of aromatic nitrogens is 2. The van der Waals surface area contributed by atoms with Crippen LogP contribution < -0.4 is 4.90 Å². The fourth-order valence-electron chi connectivity index (χ4n) is 8.92. The van der Waals surface area contributed by atoms with E-state index in [4.69, 9.17) is 13.8 Å². The first kappa shape index (κ1) is 33.9. The molecule has 0 spiro atoms. The first-order valence-electron chi connectivity index (χ1n) is 20.2. The smallest absolute Gasteiger partial charge is 0.227 e. The summed E-state index contributed by atoms with van der Waals surface area (Å²) in [6, 6.07) is 74.7. The number of oxazole rings is 1. The molecule has 0 aliphatic rings. The molecule has 0 radical (unpaired) electrons. The van der Waals surface area contributed by atoms with Crippen LogP contribution in [0.25, 0.3) is 94.2 Å². The summed E-state index contributed by atoms with van der Waals surface area (Å²) in [7, 11) is 0. The Morgan fingerprint density at radius 1 is 0.400 bits per heavy atom. The van der Waals surface area contributed by atoms with Crippen molar-refractivity contribution in [1.29, 1.82) is 0 Å². The first-order valence-corrected chi connectivity index (χ1v) is 20.2. The Morgan fingerprint density at radius 3 is 1.87 bits per heavy atom. The Kier molecular flexibility index (Phi) is 7.78. The van der Waals surface area contributed by atoms with Crippen molar-refractivity contribution in [2.24, 2.45) is 0 Å². The van der Waals surface area contributed by atoms with Gasteiger partial charge in [-0.3, -0.25) is 0 Å². The third kappa shape index (κ3) is 5.44. The summed E-state index contributed by atoms with van der Waals surface area (Å²) in [5.74, 6) is 0.600. The van der Waals surface area contributed by atoms with E-state index in [1.807, 2.05) is 42.5 Å². The van der Waals surface area contributed by atoms with E-state index in [2.05, 4.69) is 179 Å². The number of rotatable bonds is 7. The van der Waals surface area contributed by atoms with Crippen molar-refractivity contribution >= 4 is 71.9 Å². The summed E-state index contributed by atoms with van der Waals surface area (Å²) >= 11 is 0. The third-order valence-electron chi connectivity index (χ3n) is 11.6. The molecule has 0 aliphatic heterocycles. The number of hydrogen-bond acceptors (Lipinski definition) is 4. The predicted octanol–water partition coefficient (Wildman–Crippen LogP) is 15.3. The highest BCUT2D eigenvalue weighted by Crippen LogP contribution is 2.47. The van der Waals surface area contributed by atoms with Crippen molar-refractivity contribution in [1.82, 2.24) is 9.55 Å². The molecule has 9 aromatic carbocycles. The van der Waals surface area contributed by atoms with Gasteiger partial charge in [0.05, 0.1) is 27.8 Å². The Labute approximate surface area is 345 Å². The second kappa shape index (κ2) is 13.8. The molecule has 12 rings (SSSR count). The first-order chi connectivity index (χ1) is 29.8. The van der Waals surface area contributed by atoms with E-state index in [0.717, 1.165) is 89.1 Å². The van der Waals surface area contributed by atoms with Crippen LogP contribution in [0.4, 0.5) is 17.1 Å². The van der Waals surface area contributed by atoms with Gasteiger partial charge in [-0.25, -0.2) is 4.98 Å². The second-order valence-corrected chi connectivity index (χ2v) is 15.1. The van der Waals surface area contributed by atoms with Gasteiger partial charge in [0.25, 0.3) is 0 Å². The Balaban J connectivity index is 1.01. The van der Waals surface area contributed by atoms with E-state index in [-0.39, 0.29) is 0 Å². The van der Waals surface area contributed by atoms with E-state index >= 15 is 0 Å². The number of hydrogen-bond donors (Lipinski definition) is 0. The van der Waals surface area contributed by atoms with Crippen LogP contribution in [-0.2, 0) is 0 Å². The monoisotopic (exact) mass is 769 g/mol. The van der Waals surface area contributed by atoms with Gasteiger partial charge >= 0.3 is 0 Å². The van der Waals surface area contributed by atoms with E-state index in [0.29, 0.717) is 5.89 Å². The number of furan rings is 1. The van der Waals surface area contributed by atoms with Crippen LogP contribution in [0.15, 0.2) is 221 Å². The third-order valence-corrected chi connectivity index (χ3v) is 11.6. The number of para-hydroxylation sites is 3. The van der Waals surface area contributed by atoms with Gasteiger partial charge in [0.15, 0.2) is 5.58 Å². The highest BCUT2D eigenvalue weighted by atomic mass is 16.4. The lowest BCUT2D eigenvalue weighted by molar-refractivity contribution is 0.619. The van der Waals surface area contributed by atoms with Gasteiger partial charge in [-0.2, -0.15) is 0 Å². The maximum atomic E-state index is 6.49. The molecule has 3 heterocycles. The topological polar surface area (TPSA) is 47.3 Å². The van der Waals surface area contributed by atoms with Gasteiger partial charge in [0.1, 0.15) is 16.7 Å². The molecular weight excluding hydrogens is 735 g/mol. The lowest BCUT2D eigenvalue weighted by Crippen LogP contribution is -2.11. The van der Waals surface area contributed by atoms with Crippen LogP contribution in [0.5, 0.6) is 0 Å². The Morgan fingerprint density at radius 2 is 1.05 bits per heavy atom. The zero-order chi connectivity index (χ0) is 39.6. The number of nitrogens with zero attached hydrogens (tertiary/aromatic N) is 3. The summed E-state index contributed by atoms with van der Waals surface area (Å²) in [5.41, 5.74) is 15.3. The summed E-state index contributed by atoms with van der Waals surface area (Å²) in [5, 5.41) is 4.36. The molecule has 0 unspecified atom stereocenters. The molecule has 60 heavy (non-hydrogen) atoms. The van der Waals surface area contributed by atoms with Crippen molar-refractivity contribution in [2.45, 2.75) is 0 Å². The van der Waals surface area contributed by atoms with Crippen LogP contribution in [0.2, 0.25) is 0 Å². The second-order valence-electron chi connectivity index (χ2n) is 15.1. The molecule has 3 aromatic heterocycles. The van der Waals surface area contributed by atoms with Gasteiger partial charge in [0.2, 0.25) is 5.89 Å². The zero-order valence-electron chi connectivity index (χ0n) is 32.4. The molecule has 0 atom stereocenters. The van der Waals surface area contributed by atoms with Crippen LogP contribution in [0.1, 0.15) is 0 Å². The van der Waals surface area contributed by atoms with Crippen LogP contribution in [0, 0.1) is 0 Å². The molecule has 0 aliphatic carbocycles. The molecule has 0 saturated heterocycles. The van der Waals surface area contributed by atoms with E-state index in [9.17, 15) is 0 Å². The molecule has 282 valence electrons. The average molecular weight is 770 g/mol. The largest absolute Gasteiger partial charge is 0.456 e. The van der Waals surface area contributed by atoms with Gasteiger partial charge in [0, 0.05) is 38.7 Å². The molecule has 5 nitrogen and oxygen atoms in total. The molecule has 0 fully saturated rings. The van der Waals surface area contributed by atoms with Gasteiger partial charge in [-0.15, -0.1) is 0 Å². The molecule has 0 amide bonds. The lowest BCUT2D eigenvalue weighted by atomic mass is 10.00. The maximum Gasteiger partial charge on any atom is 0.227 e.